The maximum atomic E-state index is 13.7. The van der Waals surface area contributed by atoms with Crippen molar-refractivity contribution in [2.45, 2.75) is 143 Å². The second kappa shape index (κ2) is 19.6. The number of likely N-dealkylation sites (N-methyl/N-ethyl adjacent to an activating group) is 3. The van der Waals surface area contributed by atoms with E-state index in [9.17, 15) is 29.1 Å². The Kier molecular flexibility index (Phi) is 16.7. The van der Waals surface area contributed by atoms with Gasteiger partial charge in [0.1, 0.15) is 30.0 Å². The minimum atomic E-state index is -0.933. The van der Waals surface area contributed by atoms with Crippen LogP contribution >= 0.6 is 0 Å². The van der Waals surface area contributed by atoms with Crippen LogP contribution in [-0.4, -0.2) is 105 Å². The summed E-state index contributed by atoms with van der Waals surface area (Å²) in [7, 11) is 4.53. The SMILES string of the molecule is CC[C@H](NC(=O)C[C@H](O)[C@H](C)CCCc1cn2c(n1)CCCC2)C(=O)N(C)[C@H](C)C(=O)N(C)[C@@H](CC(C)C)C(=O)N[C@H](C(=O)NC)C(C)C. The molecule has 2 rings (SSSR count). The Morgan fingerprint density at radius 3 is 2.20 bits per heavy atom. The summed E-state index contributed by atoms with van der Waals surface area (Å²) in [5.74, 6) is -1.16. The van der Waals surface area contributed by atoms with Crippen molar-refractivity contribution in [1.29, 1.82) is 0 Å². The molecule has 0 radical (unpaired) electrons. The number of aryl methyl sites for hydroxylation is 3. The highest BCUT2D eigenvalue weighted by molar-refractivity contribution is 5.95. The van der Waals surface area contributed by atoms with Gasteiger partial charge in [-0.1, -0.05) is 41.5 Å². The second-order valence-corrected chi connectivity index (χ2v) is 14.5. The quantitative estimate of drug-likeness (QED) is 0.173. The molecule has 278 valence electrons. The fourth-order valence-electron chi connectivity index (χ4n) is 6.25. The molecule has 4 N–H and O–H groups in total. The summed E-state index contributed by atoms with van der Waals surface area (Å²) in [6, 6.07) is -3.45. The van der Waals surface area contributed by atoms with E-state index in [4.69, 9.17) is 4.98 Å². The molecular weight excluding hydrogens is 626 g/mol. The molecule has 2 heterocycles. The van der Waals surface area contributed by atoms with Crippen molar-refractivity contribution in [3.8, 4) is 0 Å². The topological polar surface area (TPSA) is 166 Å². The van der Waals surface area contributed by atoms with Crippen LogP contribution in [0.25, 0.3) is 0 Å². The summed E-state index contributed by atoms with van der Waals surface area (Å²) >= 11 is 0. The Hall–Kier alpha value is -3.48. The van der Waals surface area contributed by atoms with Gasteiger partial charge in [-0.25, -0.2) is 4.98 Å². The first-order valence-electron chi connectivity index (χ1n) is 18.1. The van der Waals surface area contributed by atoms with Gasteiger partial charge in [0.15, 0.2) is 0 Å². The predicted molar refractivity (Wildman–Crippen MR) is 189 cm³/mol. The molecule has 1 aromatic rings. The number of aliphatic hydroxyl groups is 1. The summed E-state index contributed by atoms with van der Waals surface area (Å²) in [6.45, 7) is 13.8. The van der Waals surface area contributed by atoms with Crippen molar-refractivity contribution in [2.24, 2.45) is 17.8 Å². The molecule has 5 amide bonds. The number of aliphatic hydroxyl groups excluding tert-OH is 1. The molecule has 0 spiro atoms. The number of fused-ring (bicyclic) bond motifs is 1. The number of nitrogens with zero attached hydrogens (tertiary/aromatic N) is 4. The molecule has 13 heteroatoms. The molecule has 49 heavy (non-hydrogen) atoms. The molecule has 6 atom stereocenters. The normalized spacial score (nSPS) is 16.5. The first-order chi connectivity index (χ1) is 23.0. The van der Waals surface area contributed by atoms with E-state index >= 15 is 0 Å². The van der Waals surface area contributed by atoms with Gasteiger partial charge >= 0.3 is 0 Å². The van der Waals surface area contributed by atoms with Crippen LogP contribution in [-0.2, 0) is 43.4 Å². The lowest BCUT2D eigenvalue weighted by atomic mass is 9.95. The number of hydrogen-bond donors (Lipinski definition) is 4. The van der Waals surface area contributed by atoms with E-state index < -0.39 is 53.9 Å². The Balaban J connectivity index is 1.96. The van der Waals surface area contributed by atoms with E-state index in [0.717, 1.165) is 43.7 Å². The van der Waals surface area contributed by atoms with Crippen molar-refractivity contribution in [3.63, 3.8) is 0 Å². The third kappa shape index (κ3) is 12.1. The number of rotatable bonds is 19. The van der Waals surface area contributed by atoms with Crippen LogP contribution in [0.4, 0.5) is 0 Å². The minimum Gasteiger partial charge on any atom is -0.392 e. The molecule has 0 unspecified atom stereocenters. The van der Waals surface area contributed by atoms with Gasteiger partial charge in [-0.2, -0.15) is 0 Å². The van der Waals surface area contributed by atoms with Crippen molar-refractivity contribution in [1.82, 2.24) is 35.3 Å². The lowest BCUT2D eigenvalue weighted by molar-refractivity contribution is -0.148. The highest BCUT2D eigenvalue weighted by Gasteiger charge is 2.36. The van der Waals surface area contributed by atoms with Crippen LogP contribution in [0.5, 0.6) is 0 Å². The van der Waals surface area contributed by atoms with Crippen LogP contribution in [0.15, 0.2) is 6.20 Å². The molecule has 1 aliphatic rings. The van der Waals surface area contributed by atoms with Gasteiger partial charge in [-0.3, -0.25) is 24.0 Å². The fraction of sp³-hybridized carbons (Fsp3) is 0.778. The Labute approximate surface area is 293 Å². The van der Waals surface area contributed by atoms with Gasteiger partial charge in [-0.05, 0) is 69.6 Å². The standard InChI is InChI=1S/C36H63N7O6/c1-11-27(39-31(45)20-29(44)24(6)15-14-16-26-21-43-18-13-12-17-30(43)38-26)36(49)41(9)25(7)35(48)42(10)28(19-22(2)3)33(46)40-32(23(4)5)34(47)37-8/h21-25,27-29,32,44H,11-20H2,1-10H3,(H,37,47)(H,39,45)(H,40,46)/t24-,25-,27+,28+,29+,32+/m1/s1. The van der Waals surface area contributed by atoms with Crippen molar-refractivity contribution in [2.75, 3.05) is 21.1 Å². The van der Waals surface area contributed by atoms with Gasteiger partial charge < -0.3 is 35.4 Å². The summed E-state index contributed by atoms with van der Waals surface area (Å²) in [5, 5.41) is 18.9. The highest BCUT2D eigenvalue weighted by Crippen LogP contribution is 2.20. The Bertz CT molecular complexity index is 1240. The van der Waals surface area contributed by atoms with E-state index in [1.165, 1.54) is 43.8 Å². The molecule has 1 aliphatic heterocycles. The lowest BCUT2D eigenvalue weighted by Gasteiger charge is -2.35. The van der Waals surface area contributed by atoms with Gasteiger partial charge in [0.2, 0.25) is 29.5 Å². The average molecular weight is 690 g/mol. The number of aromatic nitrogens is 2. The maximum Gasteiger partial charge on any atom is 0.245 e. The van der Waals surface area contributed by atoms with E-state index in [1.54, 1.807) is 13.8 Å². The maximum absolute atomic E-state index is 13.7. The number of carbonyl (C=O) groups excluding carboxylic acids is 5. The van der Waals surface area contributed by atoms with Gasteiger partial charge in [0, 0.05) is 40.3 Å². The zero-order chi connectivity index (χ0) is 37.0. The molecule has 0 saturated heterocycles. The minimum absolute atomic E-state index is 0.0674. The number of nitrogens with one attached hydrogen (secondary N) is 3. The molecule has 0 fully saturated rings. The van der Waals surface area contributed by atoms with Gasteiger partial charge in [0.25, 0.3) is 0 Å². The molecule has 1 aromatic heterocycles. The third-order valence-electron chi connectivity index (χ3n) is 9.74. The van der Waals surface area contributed by atoms with E-state index in [-0.39, 0.29) is 30.1 Å². The zero-order valence-corrected chi connectivity index (χ0v) is 31.5. The second-order valence-electron chi connectivity index (χ2n) is 14.5. The summed E-state index contributed by atoms with van der Waals surface area (Å²) in [4.78, 5) is 73.3. The van der Waals surface area contributed by atoms with E-state index in [1.807, 2.05) is 34.6 Å². The molecule has 13 nitrogen and oxygen atoms in total. The predicted octanol–water partition coefficient (Wildman–Crippen LogP) is 2.43. The molecule has 0 saturated carbocycles. The molecular formula is C36H63N7O6. The van der Waals surface area contributed by atoms with Gasteiger partial charge in [-0.15, -0.1) is 0 Å². The summed E-state index contributed by atoms with van der Waals surface area (Å²) in [5.41, 5.74) is 1.07. The third-order valence-corrected chi connectivity index (χ3v) is 9.74. The van der Waals surface area contributed by atoms with Crippen LogP contribution in [0.1, 0.15) is 105 Å². The average Bonchev–Trinajstić information content (AvgIpc) is 3.48. The molecule has 0 aromatic carbocycles. The highest BCUT2D eigenvalue weighted by atomic mass is 16.3. The monoisotopic (exact) mass is 689 g/mol. The van der Waals surface area contributed by atoms with E-state index in [0.29, 0.717) is 12.8 Å². The van der Waals surface area contributed by atoms with Crippen LogP contribution < -0.4 is 16.0 Å². The summed E-state index contributed by atoms with van der Waals surface area (Å²) in [6.07, 6.45) is 7.58. The number of imidazole rings is 1. The molecule has 0 bridgehead atoms. The zero-order valence-electron chi connectivity index (χ0n) is 31.5. The van der Waals surface area contributed by atoms with Crippen LogP contribution in [0.2, 0.25) is 0 Å². The fourth-order valence-corrected chi connectivity index (χ4v) is 6.25. The first-order valence-corrected chi connectivity index (χ1v) is 18.1. The first kappa shape index (κ1) is 41.7. The lowest BCUT2D eigenvalue weighted by Crippen LogP contribution is -2.59. The smallest absolute Gasteiger partial charge is 0.245 e. The van der Waals surface area contributed by atoms with E-state index in [2.05, 4.69) is 26.7 Å². The van der Waals surface area contributed by atoms with Crippen molar-refractivity contribution < 1.29 is 29.1 Å². The van der Waals surface area contributed by atoms with Crippen molar-refractivity contribution >= 4 is 29.5 Å². The van der Waals surface area contributed by atoms with Gasteiger partial charge in [0.05, 0.1) is 18.2 Å². The van der Waals surface area contributed by atoms with Crippen molar-refractivity contribution in [3.05, 3.63) is 17.7 Å². The largest absolute Gasteiger partial charge is 0.392 e. The number of hydrogen-bond acceptors (Lipinski definition) is 7. The van der Waals surface area contributed by atoms with Crippen LogP contribution in [0, 0.1) is 17.8 Å². The number of amides is 5. The molecule has 0 aliphatic carbocycles. The number of carbonyl (C=O) groups is 5. The van der Waals surface area contributed by atoms with Crippen LogP contribution in [0.3, 0.4) is 0 Å². The summed E-state index contributed by atoms with van der Waals surface area (Å²) < 4.78 is 2.24. The Morgan fingerprint density at radius 1 is 0.959 bits per heavy atom. The Morgan fingerprint density at radius 2 is 1.63 bits per heavy atom.